The van der Waals surface area contributed by atoms with Gasteiger partial charge in [-0.1, -0.05) is 16.6 Å². The molecule has 24 heavy (non-hydrogen) atoms. The van der Waals surface area contributed by atoms with Crippen molar-refractivity contribution in [3.63, 3.8) is 0 Å². The molecule has 4 heterocycles. The molecule has 0 aliphatic heterocycles. The van der Waals surface area contributed by atoms with Crippen LogP contribution in [0.2, 0.25) is 0 Å². The van der Waals surface area contributed by atoms with Crippen LogP contribution in [-0.2, 0) is 7.05 Å². The van der Waals surface area contributed by atoms with Gasteiger partial charge in [-0.2, -0.15) is 0 Å². The molecule has 0 bridgehead atoms. The van der Waals surface area contributed by atoms with E-state index in [1.165, 1.54) is 11.4 Å². The zero-order chi connectivity index (χ0) is 17.0. The summed E-state index contributed by atoms with van der Waals surface area (Å²) in [7, 11) is 1.89. The SMILES string of the molecule is Cc1nnn(C)c1-c1ncc2nc(-n3c(C)ccc3C)sc2c1C. The highest BCUT2D eigenvalue weighted by Crippen LogP contribution is 2.34. The Morgan fingerprint density at radius 2 is 1.75 bits per heavy atom. The Bertz CT molecular complexity index is 1030. The van der Waals surface area contributed by atoms with Gasteiger partial charge in [0.25, 0.3) is 0 Å². The number of nitrogens with zero attached hydrogens (tertiary/aromatic N) is 6. The molecule has 0 saturated heterocycles. The molecule has 4 aromatic rings. The Hall–Kier alpha value is -2.54. The van der Waals surface area contributed by atoms with Crippen molar-refractivity contribution in [1.82, 2.24) is 29.5 Å². The zero-order valence-corrected chi connectivity index (χ0v) is 15.1. The summed E-state index contributed by atoms with van der Waals surface area (Å²) in [5.74, 6) is 0. The Morgan fingerprint density at radius 1 is 1.04 bits per heavy atom. The quantitative estimate of drug-likeness (QED) is 0.561. The number of fused-ring (bicyclic) bond motifs is 1. The summed E-state index contributed by atoms with van der Waals surface area (Å²) < 4.78 is 5.11. The Balaban J connectivity index is 1.95. The molecular weight excluding hydrogens is 320 g/mol. The lowest BCUT2D eigenvalue weighted by atomic mass is 10.1. The minimum Gasteiger partial charge on any atom is -0.295 e. The van der Waals surface area contributed by atoms with E-state index in [1.54, 1.807) is 16.0 Å². The first-order valence-electron chi connectivity index (χ1n) is 7.75. The lowest BCUT2D eigenvalue weighted by molar-refractivity contribution is 0.718. The van der Waals surface area contributed by atoms with Crippen molar-refractivity contribution in [3.05, 3.63) is 41.0 Å². The number of pyridine rings is 1. The monoisotopic (exact) mass is 338 g/mol. The van der Waals surface area contributed by atoms with Gasteiger partial charge in [-0.25, -0.2) is 9.67 Å². The van der Waals surface area contributed by atoms with E-state index in [4.69, 9.17) is 4.98 Å². The average Bonchev–Trinajstić information content (AvgIpc) is 3.20. The normalized spacial score (nSPS) is 11.5. The van der Waals surface area contributed by atoms with Crippen LogP contribution in [0.15, 0.2) is 18.3 Å². The van der Waals surface area contributed by atoms with Crippen LogP contribution >= 0.6 is 11.3 Å². The Kier molecular flexibility index (Phi) is 3.28. The Labute approximate surface area is 143 Å². The van der Waals surface area contributed by atoms with Gasteiger partial charge in [-0.05, 0) is 45.4 Å². The molecule has 122 valence electrons. The van der Waals surface area contributed by atoms with Crippen molar-refractivity contribution < 1.29 is 0 Å². The van der Waals surface area contributed by atoms with Crippen LogP contribution in [0, 0.1) is 27.7 Å². The zero-order valence-electron chi connectivity index (χ0n) is 14.3. The maximum atomic E-state index is 4.79. The molecule has 0 atom stereocenters. The van der Waals surface area contributed by atoms with Crippen LogP contribution in [0.25, 0.3) is 26.7 Å². The summed E-state index contributed by atoms with van der Waals surface area (Å²) in [6.07, 6.45) is 1.85. The highest BCUT2D eigenvalue weighted by Gasteiger charge is 2.18. The lowest BCUT2D eigenvalue weighted by Gasteiger charge is -2.05. The summed E-state index contributed by atoms with van der Waals surface area (Å²) >= 11 is 1.69. The van der Waals surface area contributed by atoms with Crippen molar-refractivity contribution in [3.8, 4) is 16.5 Å². The molecule has 7 heteroatoms. The predicted octanol–water partition coefficient (Wildman–Crippen LogP) is 3.51. The minimum absolute atomic E-state index is 0.884. The largest absolute Gasteiger partial charge is 0.295 e. The first-order valence-corrected chi connectivity index (χ1v) is 8.57. The van der Waals surface area contributed by atoms with E-state index in [9.17, 15) is 0 Å². The van der Waals surface area contributed by atoms with E-state index < -0.39 is 0 Å². The van der Waals surface area contributed by atoms with Crippen molar-refractivity contribution >= 4 is 21.6 Å². The number of hydrogen-bond donors (Lipinski definition) is 0. The van der Waals surface area contributed by atoms with Crippen molar-refractivity contribution in [1.29, 1.82) is 0 Å². The minimum atomic E-state index is 0.884. The molecule has 0 fully saturated rings. The summed E-state index contributed by atoms with van der Waals surface area (Å²) in [6, 6.07) is 4.23. The molecule has 0 N–H and O–H groups in total. The van der Waals surface area contributed by atoms with Gasteiger partial charge >= 0.3 is 0 Å². The van der Waals surface area contributed by atoms with E-state index in [1.807, 2.05) is 20.2 Å². The highest BCUT2D eigenvalue weighted by molar-refractivity contribution is 7.21. The molecular formula is C17H18N6S. The third kappa shape index (κ3) is 2.08. The van der Waals surface area contributed by atoms with E-state index in [0.29, 0.717) is 0 Å². The molecule has 0 aliphatic carbocycles. The van der Waals surface area contributed by atoms with E-state index in [2.05, 4.69) is 52.8 Å². The Morgan fingerprint density at radius 3 is 2.38 bits per heavy atom. The van der Waals surface area contributed by atoms with Gasteiger partial charge in [0.2, 0.25) is 0 Å². The van der Waals surface area contributed by atoms with Crippen LogP contribution in [0.3, 0.4) is 0 Å². The van der Waals surface area contributed by atoms with Crippen LogP contribution in [0.5, 0.6) is 0 Å². The van der Waals surface area contributed by atoms with E-state index >= 15 is 0 Å². The second-order valence-electron chi connectivity index (χ2n) is 6.04. The molecule has 0 amide bonds. The molecule has 0 saturated carbocycles. The van der Waals surface area contributed by atoms with Gasteiger partial charge in [0.15, 0.2) is 5.13 Å². The van der Waals surface area contributed by atoms with Crippen LogP contribution in [0.1, 0.15) is 22.6 Å². The van der Waals surface area contributed by atoms with Crippen molar-refractivity contribution in [2.45, 2.75) is 27.7 Å². The van der Waals surface area contributed by atoms with Crippen molar-refractivity contribution in [2.75, 3.05) is 0 Å². The predicted molar refractivity (Wildman–Crippen MR) is 95.7 cm³/mol. The topological polar surface area (TPSA) is 61.4 Å². The average molecular weight is 338 g/mol. The standard InChI is InChI=1S/C17H18N6S/c1-9-6-7-10(2)23(9)17-19-13-8-18-14(11(3)16(13)24-17)15-12(4)20-21-22(15)5/h6-8H,1-5H3. The lowest BCUT2D eigenvalue weighted by Crippen LogP contribution is -1.98. The fourth-order valence-corrected chi connectivity index (χ4v) is 4.25. The highest BCUT2D eigenvalue weighted by atomic mass is 32.1. The molecule has 0 aliphatic rings. The van der Waals surface area contributed by atoms with Gasteiger partial charge in [-0.15, -0.1) is 5.10 Å². The maximum Gasteiger partial charge on any atom is 0.195 e. The first kappa shape index (κ1) is 15.0. The van der Waals surface area contributed by atoms with Crippen LogP contribution < -0.4 is 0 Å². The fraction of sp³-hybridized carbons (Fsp3) is 0.294. The number of aromatic nitrogens is 6. The van der Waals surface area contributed by atoms with E-state index in [-0.39, 0.29) is 0 Å². The first-order chi connectivity index (χ1) is 11.5. The van der Waals surface area contributed by atoms with Gasteiger partial charge in [0.1, 0.15) is 11.2 Å². The summed E-state index contributed by atoms with van der Waals surface area (Å²) in [6.45, 7) is 8.24. The molecule has 4 aromatic heterocycles. The van der Waals surface area contributed by atoms with Gasteiger partial charge in [0.05, 0.1) is 22.3 Å². The molecule has 0 unspecified atom stereocenters. The summed E-state index contributed by atoms with van der Waals surface area (Å²) in [5.41, 5.74) is 7.17. The summed E-state index contributed by atoms with van der Waals surface area (Å²) in [4.78, 5) is 9.43. The molecule has 0 spiro atoms. The number of hydrogen-bond acceptors (Lipinski definition) is 5. The van der Waals surface area contributed by atoms with Gasteiger partial charge in [-0.3, -0.25) is 9.55 Å². The fourth-order valence-electron chi connectivity index (χ4n) is 3.10. The smallest absolute Gasteiger partial charge is 0.195 e. The van der Waals surface area contributed by atoms with Crippen molar-refractivity contribution in [2.24, 2.45) is 7.05 Å². The molecule has 6 nitrogen and oxygen atoms in total. The number of thiazole rings is 1. The second kappa shape index (κ2) is 5.24. The van der Waals surface area contributed by atoms with E-state index in [0.717, 1.165) is 38.0 Å². The summed E-state index contributed by atoms with van der Waals surface area (Å²) in [5, 5.41) is 9.21. The molecule has 0 aromatic carbocycles. The van der Waals surface area contributed by atoms with Crippen LogP contribution in [-0.4, -0.2) is 29.5 Å². The molecule has 0 radical (unpaired) electrons. The van der Waals surface area contributed by atoms with Gasteiger partial charge < -0.3 is 0 Å². The van der Waals surface area contributed by atoms with Gasteiger partial charge in [0, 0.05) is 18.4 Å². The third-order valence-electron chi connectivity index (χ3n) is 4.34. The molecule has 4 rings (SSSR count). The number of rotatable bonds is 2. The number of aryl methyl sites for hydroxylation is 5. The van der Waals surface area contributed by atoms with Crippen LogP contribution in [0.4, 0.5) is 0 Å². The maximum absolute atomic E-state index is 4.79. The third-order valence-corrected chi connectivity index (χ3v) is 5.51. The second-order valence-corrected chi connectivity index (χ2v) is 7.02.